The summed E-state index contributed by atoms with van der Waals surface area (Å²) >= 11 is 0. The van der Waals surface area contributed by atoms with Gasteiger partial charge in [-0.05, 0) is 24.3 Å². The fourth-order valence-corrected chi connectivity index (χ4v) is 2.57. The Labute approximate surface area is 114 Å². The zero-order chi connectivity index (χ0) is 13.5. The van der Waals surface area contributed by atoms with Gasteiger partial charge in [-0.1, -0.05) is 18.2 Å². The van der Waals surface area contributed by atoms with E-state index in [9.17, 15) is 0 Å². The third-order valence-corrected chi connectivity index (χ3v) is 3.47. The summed E-state index contributed by atoms with van der Waals surface area (Å²) in [6.45, 7) is -0.107. The van der Waals surface area contributed by atoms with Gasteiger partial charge in [0, 0.05) is 22.5 Å². The van der Waals surface area contributed by atoms with Gasteiger partial charge >= 0.3 is 0 Å². The fourth-order valence-electron chi connectivity index (χ4n) is 2.57. The lowest BCUT2D eigenvalue weighted by Crippen LogP contribution is -1.82. The average molecular weight is 264 g/mol. The molecule has 4 aromatic rings. The molecule has 2 N–H and O–H groups in total. The summed E-state index contributed by atoms with van der Waals surface area (Å²) in [6, 6.07) is 13.7. The Bertz CT molecular complexity index is 905. The molecule has 20 heavy (non-hydrogen) atoms. The van der Waals surface area contributed by atoms with Crippen LogP contribution in [0.3, 0.4) is 0 Å². The van der Waals surface area contributed by atoms with Gasteiger partial charge in [0.05, 0.1) is 5.52 Å². The van der Waals surface area contributed by atoms with Crippen molar-refractivity contribution in [2.24, 2.45) is 0 Å². The Hall–Kier alpha value is -2.59. The van der Waals surface area contributed by atoms with Crippen molar-refractivity contribution < 1.29 is 9.52 Å². The van der Waals surface area contributed by atoms with E-state index in [1.165, 1.54) is 0 Å². The Balaban J connectivity index is 2.08. The molecule has 0 bridgehead atoms. The monoisotopic (exact) mass is 264 g/mol. The summed E-state index contributed by atoms with van der Waals surface area (Å²) in [5, 5.41) is 11.3. The van der Waals surface area contributed by atoms with Gasteiger partial charge in [-0.2, -0.15) is 0 Å². The first-order chi connectivity index (χ1) is 9.86. The molecular formula is C16H12N2O2. The van der Waals surface area contributed by atoms with Crippen molar-refractivity contribution in [2.45, 2.75) is 6.61 Å². The van der Waals surface area contributed by atoms with E-state index in [-0.39, 0.29) is 6.61 Å². The van der Waals surface area contributed by atoms with Gasteiger partial charge in [0.25, 0.3) is 0 Å². The van der Waals surface area contributed by atoms with E-state index in [1.54, 1.807) is 12.3 Å². The maximum Gasteiger partial charge on any atom is 0.153 e. The second kappa shape index (κ2) is 4.21. The minimum atomic E-state index is -0.107. The summed E-state index contributed by atoms with van der Waals surface area (Å²) in [4.78, 5) is 7.83. The lowest BCUT2D eigenvalue weighted by Gasteiger charge is -1.99. The van der Waals surface area contributed by atoms with Crippen LogP contribution in [0.1, 0.15) is 5.76 Å². The maximum atomic E-state index is 9.12. The molecule has 0 aliphatic heterocycles. The third-order valence-electron chi connectivity index (χ3n) is 3.47. The summed E-state index contributed by atoms with van der Waals surface area (Å²) in [5.41, 5.74) is 2.89. The van der Waals surface area contributed by atoms with Crippen LogP contribution in [0.4, 0.5) is 0 Å². The number of nitrogens with one attached hydrogen (secondary N) is 1. The molecular weight excluding hydrogens is 252 g/mol. The summed E-state index contributed by atoms with van der Waals surface area (Å²) < 4.78 is 5.62. The Kier molecular flexibility index (Phi) is 2.37. The molecule has 0 saturated carbocycles. The van der Waals surface area contributed by atoms with Crippen LogP contribution in [-0.2, 0) is 6.61 Å². The molecule has 0 radical (unpaired) electrons. The van der Waals surface area contributed by atoms with Gasteiger partial charge in [-0.3, -0.25) is 4.98 Å². The highest BCUT2D eigenvalue weighted by Gasteiger charge is 2.13. The average Bonchev–Trinajstić information content (AvgIpc) is 3.11. The number of furan rings is 1. The van der Waals surface area contributed by atoms with Gasteiger partial charge in [0.15, 0.2) is 5.76 Å². The number of rotatable bonds is 2. The summed E-state index contributed by atoms with van der Waals surface area (Å²) in [5.74, 6) is 1.21. The molecule has 1 aromatic carbocycles. The van der Waals surface area contributed by atoms with Crippen molar-refractivity contribution in [3.05, 3.63) is 54.4 Å². The Morgan fingerprint density at radius 3 is 2.80 bits per heavy atom. The minimum Gasteiger partial charge on any atom is -0.457 e. The molecule has 0 unspecified atom stereocenters. The Morgan fingerprint density at radius 1 is 1.05 bits per heavy atom. The molecule has 3 heterocycles. The summed E-state index contributed by atoms with van der Waals surface area (Å²) in [6.07, 6.45) is 1.76. The number of aliphatic hydroxyl groups excluding tert-OH is 1. The van der Waals surface area contributed by atoms with E-state index in [1.807, 2.05) is 30.3 Å². The molecule has 0 amide bonds. The van der Waals surface area contributed by atoms with Crippen LogP contribution in [0.5, 0.6) is 0 Å². The number of aromatic nitrogens is 2. The SMILES string of the molecule is OCc1ccc(-c2nccc3[nH]c4ccccc4c23)o1. The number of benzene rings is 1. The number of hydrogen-bond donors (Lipinski definition) is 2. The van der Waals surface area contributed by atoms with Crippen molar-refractivity contribution in [3.63, 3.8) is 0 Å². The zero-order valence-electron chi connectivity index (χ0n) is 10.6. The number of hydrogen-bond acceptors (Lipinski definition) is 3. The highest BCUT2D eigenvalue weighted by atomic mass is 16.4. The van der Waals surface area contributed by atoms with Crippen LogP contribution in [0.2, 0.25) is 0 Å². The highest BCUT2D eigenvalue weighted by Crippen LogP contribution is 2.33. The molecule has 0 spiro atoms. The van der Waals surface area contributed by atoms with Gasteiger partial charge in [-0.25, -0.2) is 0 Å². The smallest absolute Gasteiger partial charge is 0.153 e. The molecule has 0 fully saturated rings. The fraction of sp³-hybridized carbons (Fsp3) is 0.0625. The molecule has 0 aliphatic rings. The van der Waals surface area contributed by atoms with E-state index in [4.69, 9.17) is 9.52 Å². The normalized spacial score (nSPS) is 11.4. The predicted octanol–water partition coefficient (Wildman–Crippen LogP) is 3.47. The standard InChI is InChI=1S/C16H12N2O2/c19-9-10-5-6-14(20-10)16-15-11-3-1-2-4-12(11)18-13(15)7-8-17-16/h1-8,18-19H,9H2. The molecule has 4 nitrogen and oxygen atoms in total. The van der Waals surface area contributed by atoms with E-state index in [0.29, 0.717) is 11.5 Å². The molecule has 0 saturated heterocycles. The van der Waals surface area contributed by atoms with Crippen LogP contribution in [-0.4, -0.2) is 15.1 Å². The van der Waals surface area contributed by atoms with Gasteiger partial charge in [0.2, 0.25) is 0 Å². The number of fused-ring (bicyclic) bond motifs is 3. The maximum absolute atomic E-state index is 9.12. The van der Waals surface area contributed by atoms with Crippen molar-refractivity contribution in [2.75, 3.05) is 0 Å². The number of aliphatic hydroxyl groups is 1. The predicted molar refractivity (Wildman–Crippen MR) is 77.2 cm³/mol. The van der Waals surface area contributed by atoms with E-state index < -0.39 is 0 Å². The zero-order valence-corrected chi connectivity index (χ0v) is 10.6. The van der Waals surface area contributed by atoms with E-state index in [0.717, 1.165) is 27.5 Å². The number of pyridine rings is 1. The minimum absolute atomic E-state index is 0.107. The summed E-state index contributed by atoms with van der Waals surface area (Å²) in [7, 11) is 0. The van der Waals surface area contributed by atoms with E-state index >= 15 is 0 Å². The topological polar surface area (TPSA) is 62.1 Å². The van der Waals surface area contributed by atoms with Crippen molar-refractivity contribution in [1.82, 2.24) is 9.97 Å². The first-order valence-corrected chi connectivity index (χ1v) is 6.42. The van der Waals surface area contributed by atoms with Crippen LogP contribution in [0.15, 0.2) is 53.1 Å². The van der Waals surface area contributed by atoms with Crippen molar-refractivity contribution in [1.29, 1.82) is 0 Å². The lowest BCUT2D eigenvalue weighted by molar-refractivity contribution is 0.248. The first kappa shape index (κ1) is 11.3. The third kappa shape index (κ3) is 1.55. The molecule has 4 heteroatoms. The quantitative estimate of drug-likeness (QED) is 0.582. The van der Waals surface area contributed by atoms with Crippen LogP contribution in [0.25, 0.3) is 33.3 Å². The molecule has 3 aromatic heterocycles. The van der Waals surface area contributed by atoms with Gasteiger partial charge in [0.1, 0.15) is 18.1 Å². The molecule has 0 aliphatic carbocycles. The van der Waals surface area contributed by atoms with Gasteiger partial charge < -0.3 is 14.5 Å². The number of H-pyrrole nitrogens is 1. The second-order valence-electron chi connectivity index (χ2n) is 4.68. The van der Waals surface area contributed by atoms with E-state index in [2.05, 4.69) is 16.0 Å². The first-order valence-electron chi connectivity index (χ1n) is 6.42. The lowest BCUT2D eigenvalue weighted by atomic mass is 10.1. The number of para-hydroxylation sites is 1. The molecule has 98 valence electrons. The van der Waals surface area contributed by atoms with Crippen LogP contribution >= 0.6 is 0 Å². The van der Waals surface area contributed by atoms with Crippen molar-refractivity contribution >= 4 is 21.8 Å². The second-order valence-corrected chi connectivity index (χ2v) is 4.68. The van der Waals surface area contributed by atoms with Crippen molar-refractivity contribution in [3.8, 4) is 11.5 Å². The molecule has 0 atom stereocenters. The van der Waals surface area contributed by atoms with Crippen LogP contribution < -0.4 is 0 Å². The number of aromatic amines is 1. The highest BCUT2D eigenvalue weighted by molar-refractivity contribution is 6.12. The number of nitrogens with zero attached hydrogens (tertiary/aromatic N) is 1. The molecule has 4 rings (SSSR count). The largest absolute Gasteiger partial charge is 0.457 e. The van der Waals surface area contributed by atoms with Gasteiger partial charge in [-0.15, -0.1) is 0 Å². The Morgan fingerprint density at radius 2 is 1.95 bits per heavy atom. The van der Waals surface area contributed by atoms with Crippen LogP contribution in [0, 0.1) is 0 Å².